The van der Waals surface area contributed by atoms with Crippen molar-refractivity contribution in [2.24, 2.45) is 0 Å². The van der Waals surface area contributed by atoms with E-state index in [1.165, 1.54) is 6.42 Å². The molecule has 4 heteroatoms. The third kappa shape index (κ3) is 3.13. The summed E-state index contributed by atoms with van der Waals surface area (Å²) < 4.78 is 2.11. The van der Waals surface area contributed by atoms with Crippen molar-refractivity contribution in [3.8, 4) is 0 Å². The van der Waals surface area contributed by atoms with E-state index < -0.39 is 0 Å². The van der Waals surface area contributed by atoms with Gasteiger partial charge in [0.05, 0.1) is 0 Å². The van der Waals surface area contributed by atoms with Gasteiger partial charge in [-0.25, -0.2) is 4.98 Å². The number of rotatable bonds is 3. The topological polar surface area (TPSA) is 12.9 Å². The minimum Gasteiger partial charge on any atom is -0.223 e. The summed E-state index contributed by atoms with van der Waals surface area (Å²) in [4.78, 5) is 4.30. The first kappa shape index (κ1) is 9.55. The van der Waals surface area contributed by atoms with Gasteiger partial charge in [0, 0.05) is 10.6 Å². The van der Waals surface area contributed by atoms with Gasteiger partial charge in [0.1, 0.15) is 4.60 Å². The molecular weight excluding hydrogens is 242 g/mol. The lowest BCUT2D eigenvalue weighted by Gasteiger charge is -2.02. The monoisotopic (exact) mass is 251 g/mol. The molecule has 1 aromatic rings. The van der Waals surface area contributed by atoms with E-state index in [2.05, 4.69) is 34.8 Å². The molecule has 0 saturated carbocycles. The highest BCUT2D eigenvalue weighted by Crippen LogP contribution is 2.29. The molecule has 1 atom stereocenters. The van der Waals surface area contributed by atoms with Crippen molar-refractivity contribution in [3.05, 3.63) is 9.98 Å². The van der Waals surface area contributed by atoms with Gasteiger partial charge in [0.2, 0.25) is 0 Å². The fraction of sp³-hybridized carbons (Fsp3) is 0.571. The molecule has 0 N–H and O–H groups in total. The standard InChI is InChI=1S/C7H10BrNS2/c1-3-5(2)11-7-9-6(8)4-10-7/h4-5H,3H2,1-2H3. The molecule has 0 aromatic carbocycles. The SMILES string of the molecule is CCC(C)Sc1nc(Br)cs1. The molecule has 0 saturated heterocycles. The average Bonchev–Trinajstić information content (AvgIpc) is 2.35. The molecule has 0 spiro atoms. The van der Waals surface area contributed by atoms with Gasteiger partial charge >= 0.3 is 0 Å². The number of hydrogen-bond acceptors (Lipinski definition) is 3. The van der Waals surface area contributed by atoms with Crippen LogP contribution in [0.4, 0.5) is 0 Å². The first-order valence-electron chi connectivity index (χ1n) is 3.50. The van der Waals surface area contributed by atoms with Gasteiger partial charge in [0.25, 0.3) is 0 Å². The first-order chi connectivity index (χ1) is 5.22. The lowest BCUT2D eigenvalue weighted by atomic mass is 10.4. The van der Waals surface area contributed by atoms with Gasteiger partial charge in [-0.15, -0.1) is 11.3 Å². The Morgan fingerprint density at radius 1 is 1.82 bits per heavy atom. The van der Waals surface area contributed by atoms with E-state index in [1.807, 2.05) is 17.1 Å². The van der Waals surface area contributed by atoms with Crippen LogP contribution >= 0.6 is 39.0 Å². The quantitative estimate of drug-likeness (QED) is 0.759. The number of halogens is 1. The van der Waals surface area contributed by atoms with E-state index in [4.69, 9.17) is 0 Å². The molecule has 1 rings (SSSR count). The molecule has 0 radical (unpaired) electrons. The number of thiazole rings is 1. The third-order valence-corrected chi connectivity index (χ3v) is 4.28. The Morgan fingerprint density at radius 3 is 3.00 bits per heavy atom. The fourth-order valence-corrected chi connectivity index (χ4v) is 3.16. The van der Waals surface area contributed by atoms with Crippen LogP contribution in [-0.4, -0.2) is 10.2 Å². The van der Waals surface area contributed by atoms with Crippen molar-refractivity contribution < 1.29 is 0 Å². The molecule has 1 unspecified atom stereocenters. The van der Waals surface area contributed by atoms with Gasteiger partial charge < -0.3 is 0 Å². The summed E-state index contributed by atoms with van der Waals surface area (Å²) in [6.07, 6.45) is 1.20. The van der Waals surface area contributed by atoms with E-state index in [-0.39, 0.29) is 0 Å². The Bertz CT molecular complexity index is 224. The Hall–Kier alpha value is 0.460. The Morgan fingerprint density at radius 2 is 2.55 bits per heavy atom. The minimum absolute atomic E-state index is 0.674. The second-order valence-electron chi connectivity index (χ2n) is 2.27. The second-order valence-corrected chi connectivity index (χ2v) is 5.63. The van der Waals surface area contributed by atoms with Crippen LogP contribution in [0.25, 0.3) is 0 Å². The summed E-state index contributed by atoms with van der Waals surface area (Å²) in [6, 6.07) is 0. The molecule has 1 aromatic heterocycles. The highest BCUT2D eigenvalue weighted by Gasteiger charge is 2.04. The summed E-state index contributed by atoms with van der Waals surface area (Å²) in [5.74, 6) is 0. The molecule has 0 fully saturated rings. The normalized spacial score (nSPS) is 13.4. The molecule has 1 nitrogen and oxygen atoms in total. The second kappa shape index (κ2) is 4.48. The average molecular weight is 252 g/mol. The number of nitrogens with zero attached hydrogens (tertiary/aromatic N) is 1. The van der Waals surface area contributed by atoms with E-state index in [0.717, 1.165) is 8.94 Å². The van der Waals surface area contributed by atoms with E-state index in [9.17, 15) is 0 Å². The Kier molecular flexibility index (Phi) is 3.89. The van der Waals surface area contributed by atoms with Crippen molar-refractivity contribution in [3.63, 3.8) is 0 Å². The lowest BCUT2D eigenvalue weighted by molar-refractivity contribution is 0.904. The predicted octanol–water partition coefficient (Wildman–Crippen LogP) is 3.80. The van der Waals surface area contributed by atoms with Crippen LogP contribution in [0.15, 0.2) is 14.3 Å². The summed E-state index contributed by atoms with van der Waals surface area (Å²) in [5, 5.41) is 2.69. The van der Waals surface area contributed by atoms with Gasteiger partial charge in [-0.3, -0.25) is 0 Å². The van der Waals surface area contributed by atoms with Crippen molar-refractivity contribution >= 4 is 39.0 Å². The summed E-state index contributed by atoms with van der Waals surface area (Å²) >= 11 is 6.87. The van der Waals surface area contributed by atoms with Crippen LogP contribution in [0, 0.1) is 0 Å². The molecule has 0 bridgehead atoms. The van der Waals surface area contributed by atoms with Crippen LogP contribution in [0.5, 0.6) is 0 Å². The van der Waals surface area contributed by atoms with E-state index in [0.29, 0.717) is 5.25 Å². The van der Waals surface area contributed by atoms with Gasteiger partial charge in [0.15, 0.2) is 4.34 Å². The van der Waals surface area contributed by atoms with Crippen LogP contribution in [0.2, 0.25) is 0 Å². The maximum absolute atomic E-state index is 4.30. The van der Waals surface area contributed by atoms with Gasteiger partial charge in [-0.2, -0.15) is 0 Å². The minimum atomic E-state index is 0.674. The highest BCUT2D eigenvalue weighted by atomic mass is 79.9. The number of hydrogen-bond donors (Lipinski definition) is 0. The molecule has 11 heavy (non-hydrogen) atoms. The Balaban J connectivity index is 2.50. The number of aromatic nitrogens is 1. The van der Waals surface area contributed by atoms with E-state index in [1.54, 1.807) is 11.3 Å². The molecule has 62 valence electrons. The zero-order valence-electron chi connectivity index (χ0n) is 6.50. The fourth-order valence-electron chi connectivity index (χ4n) is 0.549. The molecule has 0 aliphatic heterocycles. The zero-order valence-corrected chi connectivity index (χ0v) is 9.72. The van der Waals surface area contributed by atoms with Crippen LogP contribution in [-0.2, 0) is 0 Å². The molecular formula is C7H10BrNS2. The predicted molar refractivity (Wildman–Crippen MR) is 55.4 cm³/mol. The van der Waals surface area contributed by atoms with E-state index >= 15 is 0 Å². The van der Waals surface area contributed by atoms with Crippen LogP contribution < -0.4 is 0 Å². The third-order valence-electron chi connectivity index (χ3n) is 1.33. The molecule has 0 amide bonds. The van der Waals surface area contributed by atoms with Gasteiger partial charge in [-0.05, 0) is 22.4 Å². The largest absolute Gasteiger partial charge is 0.223 e. The highest BCUT2D eigenvalue weighted by molar-refractivity contribution is 9.10. The van der Waals surface area contributed by atoms with Gasteiger partial charge in [-0.1, -0.05) is 25.6 Å². The maximum Gasteiger partial charge on any atom is 0.151 e. The Labute approximate surface area is 83.7 Å². The summed E-state index contributed by atoms with van der Waals surface area (Å²) in [6.45, 7) is 4.42. The summed E-state index contributed by atoms with van der Waals surface area (Å²) in [5.41, 5.74) is 0. The summed E-state index contributed by atoms with van der Waals surface area (Å²) in [7, 11) is 0. The van der Waals surface area contributed by atoms with Crippen molar-refractivity contribution in [2.75, 3.05) is 0 Å². The first-order valence-corrected chi connectivity index (χ1v) is 6.05. The molecule has 0 aliphatic rings. The van der Waals surface area contributed by atoms with Crippen molar-refractivity contribution in [1.82, 2.24) is 4.98 Å². The van der Waals surface area contributed by atoms with Crippen LogP contribution in [0.1, 0.15) is 20.3 Å². The maximum atomic E-state index is 4.30. The number of thioether (sulfide) groups is 1. The lowest BCUT2D eigenvalue weighted by Crippen LogP contribution is -1.90. The zero-order chi connectivity index (χ0) is 8.27. The smallest absolute Gasteiger partial charge is 0.151 e. The van der Waals surface area contributed by atoms with Crippen molar-refractivity contribution in [2.45, 2.75) is 29.9 Å². The van der Waals surface area contributed by atoms with Crippen LogP contribution in [0.3, 0.4) is 0 Å². The molecule has 1 heterocycles. The molecule has 0 aliphatic carbocycles. The van der Waals surface area contributed by atoms with Crippen molar-refractivity contribution in [1.29, 1.82) is 0 Å².